The minimum Gasteiger partial charge on any atom is -0.379 e. The molecular weight excluding hydrogens is 410 g/mol. The summed E-state index contributed by atoms with van der Waals surface area (Å²) in [6.07, 6.45) is 9.35. The summed E-state index contributed by atoms with van der Waals surface area (Å²) in [6.45, 7) is 0.727. The molecule has 0 fully saturated rings. The number of pyridine rings is 2. The zero-order valence-electron chi connectivity index (χ0n) is 16.4. The molecular formula is C24H18ClN5O. The van der Waals surface area contributed by atoms with Crippen molar-refractivity contribution >= 4 is 51.0 Å². The largest absolute Gasteiger partial charge is 0.379 e. The van der Waals surface area contributed by atoms with Crippen LogP contribution in [-0.4, -0.2) is 22.4 Å². The molecule has 0 atom stereocenters. The van der Waals surface area contributed by atoms with Crippen molar-refractivity contribution in [1.29, 1.82) is 0 Å². The number of rotatable bonds is 3. The molecule has 0 bridgehead atoms. The van der Waals surface area contributed by atoms with Gasteiger partial charge in [0.15, 0.2) is 0 Å². The van der Waals surface area contributed by atoms with Gasteiger partial charge in [-0.2, -0.15) is 0 Å². The molecule has 7 heteroatoms. The standard InChI is InChI=1S/C24H18ClN5O/c25-23-20(3-1-11-28-23)24(31)29-17-5-7-18(8-6-17)30-14-2-12-27-22-19-10-13-26-15-16(19)4-9-21(22)30/h1-11,13-15,27H,12H2,(H,29,31). The van der Waals surface area contributed by atoms with Gasteiger partial charge in [0.1, 0.15) is 5.15 Å². The van der Waals surface area contributed by atoms with Crippen LogP contribution in [0, 0.1) is 0 Å². The first-order valence-electron chi connectivity index (χ1n) is 9.79. The molecule has 0 unspecified atom stereocenters. The Hall–Kier alpha value is -3.90. The van der Waals surface area contributed by atoms with E-state index in [0.29, 0.717) is 11.3 Å². The maximum atomic E-state index is 12.5. The van der Waals surface area contributed by atoms with E-state index in [4.69, 9.17) is 11.6 Å². The Morgan fingerprint density at radius 3 is 2.77 bits per heavy atom. The maximum Gasteiger partial charge on any atom is 0.258 e. The van der Waals surface area contributed by atoms with E-state index in [0.717, 1.165) is 34.4 Å². The van der Waals surface area contributed by atoms with Gasteiger partial charge in [0.25, 0.3) is 5.91 Å². The van der Waals surface area contributed by atoms with Gasteiger partial charge < -0.3 is 15.5 Å². The fourth-order valence-electron chi connectivity index (χ4n) is 3.63. The third-order valence-electron chi connectivity index (χ3n) is 5.12. The summed E-state index contributed by atoms with van der Waals surface area (Å²) < 4.78 is 0. The molecule has 1 amide bonds. The highest BCUT2D eigenvalue weighted by molar-refractivity contribution is 6.33. The molecule has 5 rings (SSSR count). The summed E-state index contributed by atoms with van der Waals surface area (Å²) in [4.78, 5) is 22.8. The SMILES string of the molecule is O=C(Nc1ccc(N2C=CCNc3c2ccc2cnccc32)cc1)c1cccnc1Cl. The van der Waals surface area contributed by atoms with Gasteiger partial charge >= 0.3 is 0 Å². The van der Waals surface area contributed by atoms with Gasteiger partial charge in [0, 0.05) is 53.5 Å². The van der Waals surface area contributed by atoms with Crippen LogP contribution in [0.25, 0.3) is 10.8 Å². The second-order valence-corrected chi connectivity index (χ2v) is 7.39. The van der Waals surface area contributed by atoms with E-state index in [2.05, 4.69) is 49.9 Å². The van der Waals surface area contributed by atoms with Crippen LogP contribution in [0.1, 0.15) is 10.4 Å². The number of anilines is 4. The van der Waals surface area contributed by atoms with Crippen LogP contribution in [0.4, 0.5) is 22.7 Å². The second kappa shape index (κ2) is 8.08. The Kier molecular flexibility index (Phi) is 4.98. The van der Waals surface area contributed by atoms with E-state index >= 15 is 0 Å². The highest BCUT2D eigenvalue weighted by Gasteiger charge is 2.17. The van der Waals surface area contributed by atoms with E-state index in [1.807, 2.05) is 36.5 Å². The first kappa shape index (κ1) is 19.1. The predicted molar refractivity (Wildman–Crippen MR) is 125 cm³/mol. The normalized spacial score (nSPS) is 12.7. The van der Waals surface area contributed by atoms with Gasteiger partial charge in [-0.05, 0) is 54.6 Å². The maximum absolute atomic E-state index is 12.5. The highest BCUT2D eigenvalue weighted by atomic mass is 35.5. The lowest BCUT2D eigenvalue weighted by Crippen LogP contribution is -2.13. The first-order chi connectivity index (χ1) is 15.2. The van der Waals surface area contributed by atoms with Gasteiger partial charge in [-0.15, -0.1) is 0 Å². The lowest BCUT2D eigenvalue weighted by atomic mass is 10.1. The average Bonchev–Trinajstić information content (AvgIpc) is 3.03. The smallest absolute Gasteiger partial charge is 0.258 e. The quantitative estimate of drug-likeness (QED) is 0.416. The molecule has 2 aromatic carbocycles. The Morgan fingerprint density at radius 1 is 1.06 bits per heavy atom. The Morgan fingerprint density at radius 2 is 1.94 bits per heavy atom. The van der Waals surface area contributed by atoms with Gasteiger partial charge in [0.2, 0.25) is 0 Å². The predicted octanol–water partition coefficient (Wildman–Crippen LogP) is 5.61. The molecule has 3 heterocycles. The number of hydrogen-bond donors (Lipinski definition) is 2. The van der Waals surface area contributed by atoms with Gasteiger partial charge in [-0.25, -0.2) is 4.98 Å². The van der Waals surface area contributed by atoms with E-state index < -0.39 is 0 Å². The fraction of sp³-hybridized carbons (Fsp3) is 0.0417. The molecule has 2 aromatic heterocycles. The third-order valence-corrected chi connectivity index (χ3v) is 5.42. The molecule has 2 N–H and O–H groups in total. The summed E-state index contributed by atoms with van der Waals surface area (Å²) in [5, 5.41) is 8.75. The van der Waals surface area contributed by atoms with Crippen LogP contribution < -0.4 is 15.5 Å². The Balaban J connectivity index is 1.44. The van der Waals surface area contributed by atoms with Crippen LogP contribution in [-0.2, 0) is 0 Å². The molecule has 0 saturated carbocycles. The third kappa shape index (κ3) is 3.69. The van der Waals surface area contributed by atoms with Gasteiger partial charge in [0.05, 0.1) is 16.9 Å². The summed E-state index contributed by atoms with van der Waals surface area (Å²) in [7, 11) is 0. The molecule has 0 radical (unpaired) electrons. The lowest BCUT2D eigenvalue weighted by molar-refractivity contribution is 0.102. The lowest BCUT2D eigenvalue weighted by Gasteiger charge is -2.23. The zero-order valence-corrected chi connectivity index (χ0v) is 17.2. The summed E-state index contributed by atoms with van der Waals surface area (Å²) in [6, 6.07) is 17.2. The second-order valence-electron chi connectivity index (χ2n) is 7.03. The number of fused-ring (bicyclic) bond motifs is 3. The van der Waals surface area contributed by atoms with Crippen molar-refractivity contribution in [2.75, 3.05) is 22.1 Å². The number of nitrogens with zero attached hydrogens (tertiary/aromatic N) is 3. The van der Waals surface area contributed by atoms with Crippen LogP contribution in [0.5, 0.6) is 0 Å². The van der Waals surface area contributed by atoms with Crippen molar-refractivity contribution in [3.8, 4) is 0 Å². The van der Waals surface area contributed by atoms with Gasteiger partial charge in [-0.3, -0.25) is 9.78 Å². The Labute approximate surface area is 184 Å². The molecule has 1 aliphatic rings. The minimum atomic E-state index is -0.296. The number of hydrogen-bond acceptors (Lipinski definition) is 5. The number of halogens is 1. The molecule has 6 nitrogen and oxygen atoms in total. The van der Waals surface area contributed by atoms with E-state index in [9.17, 15) is 4.79 Å². The van der Waals surface area contributed by atoms with Crippen molar-refractivity contribution < 1.29 is 4.79 Å². The van der Waals surface area contributed by atoms with Crippen LogP contribution in [0.2, 0.25) is 5.15 Å². The Bertz CT molecular complexity index is 1300. The molecule has 0 aliphatic carbocycles. The number of benzene rings is 2. The van der Waals surface area contributed by atoms with E-state index in [1.165, 1.54) is 0 Å². The van der Waals surface area contributed by atoms with E-state index in [1.54, 1.807) is 24.5 Å². The van der Waals surface area contributed by atoms with Crippen molar-refractivity contribution in [2.45, 2.75) is 0 Å². The van der Waals surface area contributed by atoms with Crippen molar-refractivity contribution in [3.05, 3.63) is 96.2 Å². The number of carbonyl (C=O) groups is 1. The zero-order chi connectivity index (χ0) is 21.2. The molecule has 1 aliphatic heterocycles. The van der Waals surface area contributed by atoms with Crippen LogP contribution >= 0.6 is 11.6 Å². The van der Waals surface area contributed by atoms with Crippen LogP contribution in [0.15, 0.2) is 85.5 Å². The molecule has 0 saturated heterocycles. The minimum absolute atomic E-state index is 0.179. The highest BCUT2D eigenvalue weighted by Crippen LogP contribution is 2.39. The number of nitrogens with one attached hydrogen (secondary N) is 2. The summed E-state index contributed by atoms with van der Waals surface area (Å²) in [5.41, 5.74) is 4.10. The van der Waals surface area contributed by atoms with Gasteiger partial charge in [-0.1, -0.05) is 17.7 Å². The number of aromatic nitrogens is 2. The van der Waals surface area contributed by atoms with E-state index in [-0.39, 0.29) is 11.1 Å². The molecule has 0 spiro atoms. The van der Waals surface area contributed by atoms with Crippen molar-refractivity contribution in [1.82, 2.24) is 9.97 Å². The summed E-state index contributed by atoms with van der Waals surface area (Å²) in [5.74, 6) is -0.296. The average molecular weight is 428 g/mol. The van der Waals surface area contributed by atoms with Crippen LogP contribution in [0.3, 0.4) is 0 Å². The molecule has 4 aromatic rings. The summed E-state index contributed by atoms with van der Waals surface area (Å²) >= 11 is 6.02. The van der Waals surface area contributed by atoms with Crippen molar-refractivity contribution in [3.63, 3.8) is 0 Å². The fourth-order valence-corrected chi connectivity index (χ4v) is 3.83. The number of carbonyl (C=O) groups excluding carboxylic acids is 1. The number of amides is 1. The first-order valence-corrected chi connectivity index (χ1v) is 10.2. The topological polar surface area (TPSA) is 70.2 Å². The molecule has 152 valence electrons. The van der Waals surface area contributed by atoms with Crippen molar-refractivity contribution in [2.24, 2.45) is 0 Å². The monoisotopic (exact) mass is 427 g/mol. The molecule has 31 heavy (non-hydrogen) atoms.